The molecule has 102 valence electrons. The molecule has 1 saturated carbocycles. The van der Waals surface area contributed by atoms with Crippen molar-refractivity contribution in [3.8, 4) is 0 Å². The van der Waals surface area contributed by atoms with E-state index in [9.17, 15) is 13.5 Å². The lowest BCUT2D eigenvalue weighted by Gasteiger charge is -2.38. The average Bonchev–Trinajstić information content (AvgIpc) is 2.30. The van der Waals surface area contributed by atoms with Gasteiger partial charge in [0.05, 0.1) is 17.9 Å². The normalized spacial score (nSPS) is 30.4. The Kier molecular flexibility index (Phi) is 5.41. The molecule has 5 heteroatoms. The van der Waals surface area contributed by atoms with Gasteiger partial charge in [-0.2, -0.15) is 0 Å². The van der Waals surface area contributed by atoms with Gasteiger partial charge in [-0.15, -0.1) is 0 Å². The maximum absolute atomic E-state index is 11.9. The van der Waals surface area contributed by atoms with Gasteiger partial charge in [0.2, 0.25) is 10.0 Å². The van der Waals surface area contributed by atoms with Crippen molar-refractivity contribution >= 4 is 10.0 Å². The van der Waals surface area contributed by atoms with Crippen LogP contribution in [0.4, 0.5) is 0 Å². The summed E-state index contributed by atoms with van der Waals surface area (Å²) in [6.07, 6.45) is 5.00. The second-order valence-electron chi connectivity index (χ2n) is 5.40. The second-order valence-corrected chi connectivity index (χ2v) is 7.24. The van der Waals surface area contributed by atoms with E-state index in [2.05, 4.69) is 11.6 Å². The Bertz CT molecular complexity index is 319. The molecule has 0 aliphatic heterocycles. The highest BCUT2D eigenvalue weighted by atomic mass is 32.2. The Morgan fingerprint density at radius 3 is 2.41 bits per heavy atom. The monoisotopic (exact) mass is 263 g/mol. The van der Waals surface area contributed by atoms with Gasteiger partial charge in [-0.3, -0.25) is 0 Å². The third-order valence-electron chi connectivity index (χ3n) is 3.67. The third kappa shape index (κ3) is 4.56. The van der Waals surface area contributed by atoms with Crippen LogP contribution in [-0.2, 0) is 10.0 Å². The predicted molar refractivity (Wildman–Crippen MR) is 69.3 cm³/mol. The van der Waals surface area contributed by atoms with Crippen molar-refractivity contribution in [2.75, 3.05) is 12.4 Å². The molecule has 0 aromatic carbocycles. The van der Waals surface area contributed by atoms with Gasteiger partial charge in [-0.25, -0.2) is 13.1 Å². The van der Waals surface area contributed by atoms with Crippen molar-refractivity contribution in [2.45, 2.75) is 57.9 Å². The minimum Gasteiger partial charge on any atom is -0.394 e. The number of unbranched alkanes of at least 4 members (excludes halogenated alkanes) is 1. The van der Waals surface area contributed by atoms with Crippen molar-refractivity contribution in [3.05, 3.63) is 0 Å². The first kappa shape index (κ1) is 14.9. The lowest BCUT2D eigenvalue weighted by atomic mass is 9.78. The van der Waals surface area contributed by atoms with Crippen LogP contribution in [0.25, 0.3) is 0 Å². The molecule has 4 nitrogen and oxygen atoms in total. The summed E-state index contributed by atoms with van der Waals surface area (Å²) in [5.41, 5.74) is -0.598. The van der Waals surface area contributed by atoms with E-state index < -0.39 is 15.6 Å². The Balaban J connectivity index is 2.62. The minimum absolute atomic E-state index is 0.0922. The zero-order valence-corrected chi connectivity index (χ0v) is 11.7. The highest BCUT2D eigenvalue weighted by Gasteiger charge is 2.36. The summed E-state index contributed by atoms with van der Waals surface area (Å²) >= 11 is 0. The molecule has 0 aromatic rings. The van der Waals surface area contributed by atoms with Gasteiger partial charge in [0.15, 0.2) is 0 Å². The predicted octanol–water partition coefficient (Wildman–Crippen LogP) is 1.65. The molecule has 0 spiro atoms. The van der Waals surface area contributed by atoms with Gasteiger partial charge in [0, 0.05) is 0 Å². The Morgan fingerprint density at radius 2 is 1.94 bits per heavy atom. The maximum Gasteiger partial charge on any atom is 0.212 e. The van der Waals surface area contributed by atoms with E-state index >= 15 is 0 Å². The molecule has 0 saturated heterocycles. The van der Waals surface area contributed by atoms with Crippen LogP contribution in [0.3, 0.4) is 0 Å². The quantitative estimate of drug-likeness (QED) is 0.765. The van der Waals surface area contributed by atoms with E-state index in [1.54, 1.807) is 0 Å². The molecule has 1 fully saturated rings. The van der Waals surface area contributed by atoms with E-state index in [0.29, 0.717) is 12.3 Å². The van der Waals surface area contributed by atoms with Crippen LogP contribution in [0, 0.1) is 5.92 Å². The smallest absolute Gasteiger partial charge is 0.212 e. The average molecular weight is 263 g/mol. The second kappa shape index (κ2) is 6.16. The molecule has 1 aliphatic rings. The summed E-state index contributed by atoms with van der Waals surface area (Å²) in [7, 11) is -3.24. The molecular formula is C12H25NO3S. The molecule has 0 radical (unpaired) electrons. The number of aliphatic hydroxyl groups excluding tert-OH is 1. The highest BCUT2D eigenvalue weighted by molar-refractivity contribution is 7.89. The van der Waals surface area contributed by atoms with Gasteiger partial charge < -0.3 is 5.11 Å². The van der Waals surface area contributed by atoms with Crippen LogP contribution in [0.2, 0.25) is 0 Å². The molecule has 2 N–H and O–H groups in total. The topological polar surface area (TPSA) is 66.4 Å². The molecular weight excluding hydrogens is 238 g/mol. The summed E-state index contributed by atoms with van der Waals surface area (Å²) in [6.45, 7) is 4.05. The van der Waals surface area contributed by atoms with Crippen LogP contribution in [0.1, 0.15) is 52.4 Å². The number of hydrogen-bond acceptors (Lipinski definition) is 3. The van der Waals surface area contributed by atoms with E-state index in [4.69, 9.17) is 0 Å². The maximum atomic E-state index is 11.9. The first-order valence-corrected chi connectivity index (χ1v) is 8.21. The molecule has 0 amide bonds. The number of sulfonamides is 1. The van der Waals surface area contributed by atoms with E-state index in [1.165, 1.54) is 0 Å². The van der Waals surface area contributed by atoms with E-state index in [-0.39, 0.29) is 12.4 Å². The van der Waals surface area contributed by atoms with Gasteiger partial charge >= 0.3 is 0 Å². The lowest BCUT2D eigenvalue weighted by molar-refractivity contribution is 0.125. The van der Waals surface area contributed by atoms with E-state index in [1.807, 2.05) is 6.92 Å². The summed E-state index contributed by atoms with van der Waals surface area (Å²) in [6, 6.07) is 0. The third-order valence-corrected chi connectivity index (χ3v) is 5.24. The minimum atomic E-state index is -3.24. The zero-order valence-electron chi connectivity index (χ0n) is 10.9. The molecule has 0 aromatic heterocycles. The van der Waals surface area contributed by atoms with Crippen LogP contribution in [0.15, 0.2) is 0 Å². The summed E-state index contributed by atoms with van der Waals surface area (Å²) in [4.78, 5) is 0. The zero-order chi connectivity index (χ0) is 12.9. The molecule has 17 heavy (non-hydrogen) atoms. The summed E-state index contributed by atoms with van der Waals surface area (Å²) in [5, 5.41) is 9.49. The fraction of sp³-hybridized carbons (Fsp3) is 1.00. The van der Waals surface area contributed by atoms with Gasteiger partial charge in [-0.05, 0) is 38.0 Å². The standard InChI is InChI=1S/C12H25NO3S/c1-3-4-9-17(15,16)13-12(10-14)7-5-11(2)6-8-12/h11,13-14H,3-10H2,1-2H3. The van der Waals surface area contributed by atoms with Crippen molar-refractivity contribution in [3.63, 3.8) is 0 Å². The fourth-order valence-electron chi connectivity index (χ4n) is 2.32. The van der Waals surface area contributed by atoms with Crippen LogP contribution in [0.5, 0.6) is 0 Å². The SMILES string of the molecule is CCCCS(=O)(=O)NC1(CO)CCC(C)CC1. The highest BCUT2D eigenvalue weighted by Crippen LogP contribution is 2.32. The van der Waals surface area contributed by atoms with Crippen molar-refractivity contribution in [1.29, 1.82) is 0 Å². The first-order valence-electron chi connectivity index (χ1n) is 6.55. The Hall–Kier alpha value is -0.130. The van der Waals surface area contributed by atoms with Crippen LogP contribution in [-0.4, -0.2) is 31.4 Å². The Labute approximate surface area is 105 Å². The number of hydrogen-bond donors (Lipinski definition) is 2. The van der Waals surface area contributed by atoms with Gasteiger partial charge in [0.1, 0.15) is 0 Å². The lowest BCUT2D eigenvalue weighted by Crippen LogP contribution is -2.53. The fourth-order valence-corrected chi connectivity index (χ4v) is 4.02. The number of aliphatic hydroxyl groups is 1. The number of rotatable bonds is 6. The number of nitrogens with one attached hydrogen (secondary N) is 1. The Morgan fingerprint density at radius 1 is 1.35 bits per heavy atom. The van der Waals surface area contributed by atoms with Crippen molar-refractivity contribution < 1.29 is 13.5 Å². The molecule has 1 aliphatic carbocycles. The molecule has 0 unspecified atom stereocenters. The first-order chi connectivity index (χ1) is 7.93. The van der Waals surface area contributed by atoms with Crippen LogP contribution < -0.4 is 4.72 Å². The van der Waals surface area contributed by atoms with Gasteiger partial charge in [-0.1, -0.05) is 20.3 Å². The van der Waals surface area contributed by atoms with Crippen molar-refractivity contribution in [2.24, 2.45) is 5.92 Å². The molecule has 0 bridgehead atoms. The van der Waals surface area contributed by atoms with Gasteiger partial charge in [0.25, 0.3) is 0 Å². The van der Waals surface area contributed by atoms with Crippen LogP contribution >= 0.6 is 0 Å². The largest absolute Gasteiger partial charge is 0.394 e. The van der Waals surface area contributed by atoms with Crippen molar-refractivity contribution in [1.82, 2.24) is 4.72 Å². The molecule has 0 atom stereocenters. The summed E-state index contributed by atoms with van der Waals surface area (Å²) < 4.78 is 26.5. The van der Waals surface area contributed by atoms with E-state index in [0.717, 1.165) is 32.1 Å². The summed E-state index contributed by atoms with van der Waals surface area (Å²) in [5.74, 6) is 0.802. The molecule has 0 heterocycles. The molecule has 1 rings (SSSR count).